The van der Waals surface area contributed by atoms with E-state index in [9.17, 15) is 4.79 Å². The molecule has 0 heterocycles. The molecule has 5 saturated carbocycles. The van der Waals surface area contributed by atoms with Crippen LogP contribution in [0, 0.1) is 35.5 Å². The zero-order valence-electron chi connectivity index (χ0n) is 12.3. The van der Waals surface area contributed by atoms with Crippen molar-refractivity contribution in [3.63, 3.8) is 0 Å². The fourth-order valence-electron chi connectivity index (χ4n) is 6.13. The van der Waals surface area contributed by atoms with Crippen molar-refractivity contribution in [1.29, 1.82) is 0 Å². The van der Waals surface area contributed by atoms with Gasteiger partial charge >= 0.3 is 5.97 Å². The highest BCUT2D eigenvalue weighted by atomic mass is 79.9. The highest BCUT2D eigenvalue weighted by Crippen LogP contribution is 2.84. The van der Waals surface area contributed by atoms with Crippen molar-refractivity contribution in [2.24, 2.45) is 35.5 Å². The maximum atomic E-state index is 11.1. The fraction of sp³-hybridized carbons (Fsp3) is 0.938. The Balaban J connectivity index is 1.58. The van der Waals surface area contributed by atoms with Crippen LogP contribution in [-0.2, 0) is 14.3 Å². The summed E-state index contributed by atoms with van der Waals surface area (Å²) in [5.74, 6) is 5.06. The molecule has 6 bridgehead atoms. The lowest BCUT2D eigenvalue weighted by atomic mass is 9.80. The standard InChI is InChI=1S/C16H23BrO3/c1-7(2)20-16(4-5-19-8(3)18)14-10-6-9-11(12(9)14)13(10)15(16)17/h7,9-15H,4-6H2,1-3H3/t9?,10?,11?,12?,13?,14?,15-,16+/m0/s1. The third kappa shape index (κ3) is 1.53. The fourth-order valence-corrected chi connectivity index (χ4v) is 7.52. The number of ether oxygens (including phenoxy) is 2. The Morgan fingerprint density at radius 3 is 2.60 bits per heavy atom. The summed E-state index contributed by atoms with van der Waals surface area (Å²) >= 11 is 3.98. The summed E-state index contributed by atoms with van der Waals surface area (Å²) < 4.78 is 11.7. The van der Waals surface area contributed by atoms with Crippen LogP contribution >= 0.6 is 15.9 Å². The van der Waals surface area contributed by atoms with Gasteiger partial charge in [-0.15, -0.1) is 0 Å². The average Bonchev–Trinajstić information content (AvgIpc) is 2.70. The third-order valence-corrected chi connectivity index (χ3v) is 7.66. The van der Waals surface area contributed by atoms with Gasteiger partial charge in [0.2, 0.25) is 0 Å². The number of esters is 1. The minimum absolute atomic E-state index is 0.106. The van der Waals surface area contributed by atoms with Crippen molar-refractivity contribution in [2.45, 2.75) is 50.1 Å². The van der Waals surface area contributed by atoms with Gasteiger partial charge in [-0.2, -0.15) is 0 Å². The van der Waals surface area contributed by atoms with E-state index in [1.165, 1.54) is 13.3 Å². The molecule has 20 heavy (non-hydrogen) atoms. The van der Waals surface area contributed by atoms with Gasteiger partial charge in [0, 0.05) is 18.2 Å². The van der Waals surface area contributed by atoms with Crippen molar-refractivity contribution in [1.82, 2.24) is 0 Å². The first-order chi connectivity index (χ1) is 9.47. The number of alkyl halides is 1. The zero-order chi connectivity index (χ0) is 14.2. The quantitative estimate of drug-likeness (QED) is 0.569. The summed E-state index contributed by atoms with van der Waals surface area (Å²) in [5, 5.41) is 0. The Labute approximate surface area is 128 Å². The maximum Gasteiger partial charge on any atom is 0.302 e. The first-order valence-corrected chi connectivity index (χ1v) is 8.84. The van der Waals surface area contributed by atoms with Crippen LogP contribution in [0.5, 0.6) is 0 Å². The van der Waals surface area contributed by atoms with E-state index >= 15 is 0 Å². The molecule has 3 nitrogen and oxygen atoms in total. The molecule has 0 radical (unpaired) electrons. The number of halogens is 1. The molecule has 0 spiro atoms. The van der Waals surface area contributed by atoms with E-state index < -0.39 is 0 Å². The molecule has 0 aromatic carbocycles. The van der Waals surface area contributed by atoms with Crippen molar-refractivity contribution in [3.05, 3.63) is 0 Å². The molecule has 6 unspecified atom stereocenters. The van der Waals surface area contributed by atoms with Gasteiger partial charge in [0.05, 0.1) is 18.3 Å². The number of rotatable bonds is 5. The highest BCUT2D eigenvalue weighted by Gasteiger charge is 2.84. The summed E-state index contributed by atoms with van der Waals surface area (Å²) in [7, 11) is 0. The van der Waals surface area contributed by atoms with Crippen LogP contribution < -0.4 is 0 Å². The Morgan fingerprint density at radius 1 is 1.30 bits per heavy atom. The topological polar surface area (TPSA) is 35.5 Å². The van der Waals surface area contributed by atoms with E-state index in [-0.39, 0.29) is 17.7 Å². The molecule has 5 aliphatic carbocycles. The molecule has 0 saturated heterocycles. The van der Waals surface area contributed by atoms with Gasteiger partial charge in [-0.3, -0.25) is 4.79 Å². The number of hydrogen-bond donors (Lipinski definition) is 0. The van der Waals surface area contributed by atoms with E-state index in [0.717, 1.165) is 36.0 Å². The van der Waals surface area contributed by atoms with Crippen LogP contribution in [0.15, 0.2) is 0 Å². The summed E-state index contributed by atoms with van der Waals surface area (Å²) in [5.41, 5.74) is -0.106. The van der Waals surface area contributed by atoms with Crippen LogP contribution in [0.2, 0.25) is 0 Å². The predicted molar refractivity (Wildman–Crippen MR) is 78.5 cm³/mol. The highest BCUT2D eigenvalue weighted by molar-refractivity contribution is 9.09. The lowest BCUT2D eigenvalue weighted by Gasteiger charge is -2.42. The number of carbonyl (C=O) groups excluding carboxylic acids is 1. The largest absolute Gasteiger partial charge is 0.466 e. The van der Waals surface area contributed by atoms with Crippen molar-refractivity contribution in [2.75, 3.05) is 6.61 Å². The van der Waals surface area contributed by atoms with Gasteiger partial charge in [-0.05, 0) is 55.8 Å². The van der Waals surface area contributed by atoms with Gasteiger partial charge in [0.15, 0.2) is 0 Å². The smallest absolute Gasteiger partial charge is 0.302 e. The van der Waals surface area contributed by atoms with E-state index in [1.807, 2.05) is 0 Å². The lowest BCUT2D eigenvalue weighted by molar-refractivity contribution is -0.149. The summed E-state index contributed by atoms with van der Waals surface area (Å²) in [4.78, 5) is 11.5. The van der Waals surface area contributed by atoms with Gasteiger partial charge in [-0.1, -0.05) is 15.9 Å². The minimum atomic E-state index is -0.187. The molecular weight excluding hydrogens is 320 g/mol. The molecule has 0 amide bonds. The summed E-state index contributed by atoms with van der Waals surface area (Å²) in [6.45, 7) is 6.21. The summed E-state index contributed by atoms with van der Waals surface area (Å²) in [6, 6.07) is 0. The van der Waals surface area contributed by atoms with Crippen LogP contribution in [0.1, 0.15) is 33.6 Å². The maximum absolute atomic E-state index is 11.1. The zero-order valence-corrected chi connectivity index (χ0v) is 13.9. The molecule has 0 aromatic heterocycles. The number of carbonyl (C=O) groups is 1. The van der Waals surface area contributed by atoms with Crippen molar-refractivity contribution >= 4 is 21.9 Å². The second-order valence-corrected chi connectivity index (χ2v) is 8.42. The first kappa shape index (κ1) is 13.6. The molecule has 4 heteroatoms. The van der Waals surface area contributed by atoms with Gasteiger partial charge in [-0.25, -0.2) is 0 Å². The normalized spacial score (nSPS) is 53.8. The lowest BCUT2D eigenvalue weighted by Crippen LogP contribution is -2.50. The Hall–Kier alpha value is -0.0900. The van der Waals surface area contributed by atoms with E-state index in [1.54, 1.807) is 0 Å². The minimum Gasteiger partial charge on any atom is -0.466 e. The van der Waals surface area contributed by atoms with Gasteiger partial charge in [0.1, 0.15) is 0 Å². The van der Waals surface area contributed by atoms with E-state index in [2.05, 4.69) is 29.8 Å². The molecule has 5 rings (SSSR count). The Morgan fingerprint density at radius 2 is 2.05 bits per heavy atom. The SMILES string of the molecule is CC(=O)OCC[C@@]1(OC(C)C)C2C3CC4C(C42)C3[C@@H]1Br. The van der Waals surface area contributed by atoms with E-state index in [4.69, 9.17) is 9.47 Å². The van der Waals surface area contributed by atoms with Crippen molar-refractivity contribution in [3.8, 4) is 0 Å². The van der Waals surface area contributed by atoms with Crippen LogP contribution in [-0.4, -0.2) is 29.1 Å². The first-order valence-electron chi connectivity index (χ1n) is 7.92. The van der Waals surface area contributed by atoms with Crippen LogP contribution in [0.3, 0.4) is 0 Å². The molecule has 8 atom stereocenters. The molecule has 0 N–H and O–H groups in total. The van der Waals surface area contributed by atoms with Gasteiger partial charge < -0.3 is 9.47 Å². The Bertz CT molecular complexity index is 451. The second-order valence-electron chi connectivity index (χ2n) is 7.43. The molecule has 0 aromatic rings. The molecule has 112 valence electrons. The monoisotopic (exact) mass is 342 g/mol. The van der Waals surface area contributed by atoms with Crippen molar-refractivity contribution < 1.29 is 14.3 Å². The average molecular weight is 343 g/mol. The molecule has 5 aliphatic rings. The number of hydrogen-bond acceptors (Lipinski definition) is 3. The predicted octanol–water partition coefficient (Wildman–Crippen LogP) is 3.01. The summed E-state index contributed by atoms with van der Waals surface area (Å²) in [6.07, 6.45) is 2.48. The molecular formula is C16H23BrO3. The Kier molecular flexibility index (Phi) is 2.86. The van der Waals surface area contributed by atoms with Gasteiger partial charge in [0.25, 0.3) is 0 Å². The van der Waals surface area contributed by atoms with E-state index in [0.29, 0.717) is 17.4 Å². The third-order valence-electron chi connectivity index (χ3n) is 6.27. The second kappa shape index (κ2) is 4.22. The van der Waals surface area contributed by atoms with Crippen LogP contribution in [0.4, 0.5) is 0 Å². The molecule has 5 fully saturated rings. The molecule has 0 aliphatic heterocycles. The van der Waals surface area contributed by atoms with Crippen LogP contribution in [0.25, 0.3) is 0 Å².